The second-order valence-electron chi connectivity index (χ2n) is 6.35. The minimum atomic E-state index is -2.51. The predicted octanol–water partition coefficient (Wildman–Crippen LogP) is 3.46. The molecular formula is C17H19F3N4OS. The van der Waals surface area contributed by atoms with E-state index in [1.54, 1.807) is 20.2 Å². The third kappa shape index (κ3) is 4.20. The van der Waals surface area contributed by atoms with Crippen LogP contribution in [0.3, 0.4) is 0 Å². The van der Waals surface area contributed by atoms with Gasteiger partial charge in [-0.1, -0.05) is 0 Å². The van der Waals surface area contributed by atoms with Gasteiger partial charge in [0.2, 0.25) is 5.91 Å². The van der Waals surface area contributed by atoms with Crippen LogP contribution in [0.2, 0.25) is 0 Å². The summed E-state index contributed by atoms with van der Waals surface area (Å²) >= 11 is 1.38. The average Bonchev–Trinajstić information content (AvgIpc) is 3.01. The molecule has 0 bridgehead atoms. The van der Waals surface area contributed by atoms with Crippen LogP contribution in [0.5, 0.6) is 0 Å². The summed E-state index contributed by atoms with van der Waals surface area (Å²) in [7, 11) is 1.64. The Hall–Kier alpha value is -2.03. The van der Waals surface area contributed by atoms with Crippen molar-refractivity contribution < 1.29 is 18.0 Å². The van der Waals surface area contributed by atoms with Crippen LogP contribution in [0.15, 0.2) is 24.7 Å². The number of carbonyl (C=O) groups is 1. The fourth-order valence-electron chi connectivity index (χ4n) is 2.58. The van der Waals surface area contributed by atoms with E-state index in [1.165, 1.54) is 33.6 Å². The molecule has 1 atom stereocenters. The molecule has 1 amide bonds. The van der Waals surface area contributed by atoms with Gasteiger partial charge in [-0.05, 0) is 6.92 Å². The van der Waals surface area contributed by atoms with Gasteiger partial charge in [-0.15, -0.1) is 0 Å². The number of alkyl halides is 2. The van der Waals surface area contributed by atoms with Crippen molar-refractivity contribution in [3.8, 4) is 5.69 Å². The van der Waals surface area contributed by atoms with E-state index in [9.17, 15) is 18.0 Å². The number of aromatic nitrogens is 3. The highest BCUT2D eigenvalue weighted by molar-refractivity contribution is 7.99. The molecule has 140 valence electrons. The van der Waals surface area contributed by atoms with E-state index in [0.717, 1.165) is 6.20 Å². The first-order valence-electron chi connectivity index (χ1n) is 8.17. The third-order valence-corrected chi connectivity index (χ3v) is 5.43. The Kier molecular flexibility index (Phi) is 5.27. The molecule has 0 radical (unpaired) electrons. The number of anilines is 1. The zero-order valence-corrected chi connectivity index (χ0v) is 15.3. The summed E-state index contributed by atoms with van der Waals surface area (Å²) in [6.45, 7) is 1.76. The van der Waals surface area contributed by atoms with Gasteiger partial charge in [0, 0.05) is 43.4 Å². The number of thioether (sulfide) groups is 1. The predicted molar refractivity (Wildman–Crippen MR) is 94.5 cm³/mol. The summed E-state index contributed by atoms with van der Waals surface area (Å²) in [6.07, 6.45) is 4.44. The Morgan fingerprint density at radius 3 is 2.85 bits per heavy atom. The van der Waals surface area contributed by atoms with Gasteiger partial charge in [0.25, 0.3) is 5.92 Å². The van der Waals surface area contributed by atoms with Crippen molar-refractivity contribution in [2.75, 3.05) is 23.5 Å². The van der Waals surface area contributed by atoms with Gasteiger partial charge in [-0.3, -0.25) is 9.78 Å². The van der Waals surface area contributed by atoms with Gasteiger partial charge >= 0.3 is 0 Å². The lowest BCUT2D eigenvalue weighted by Crippen LogP contribution is -2.26. The molecule has 3 rings (SSSR count). The summed E-state index contributed by atoms with van der Waals surface area (Å²) in [6, 6.07) is 1.30. The van der Waals surface area contributed by atoms with E-state index in [4.69, 9.17) is 0 Å². The lowest BCUT2D eigenvalue weighted by Gasteiger charge is -2.16. The first-order chi connectivity index (χ1) is 12.3. The molecule has 2 heterocycles. The molecule has 5 nitrogen and oxygen atoms in total. The third-order valence-electron chi connectivity index (χ3n) is 4.30. The summed E-state index contributed by atoms with van der Waals surface area (Å²) in [4.78, 5) is 17.6. The van der Waals surface area contributed by atoms with Crippen molar-refractivity contribution >= 4 is 23.4 Å². The molecular weight excluding hydrogens is 365 g/mol. The summed E-state index contributed by atoms with van der Waals surface area (Å²) in [5, 5.41) is 4.30. The van der Waals surface area contributed by atoms with Crippen LogP contribution in [-0.2, 0) is 4.79 Å². The molecule has 1 saturated carbocycles. The van der Waals surface area contributed by atoms with Crippen LogP contribution in [0.25, 0.3) is 5.69 Å². The van der Waals surface area contributed by atoms with E-state index in [-0.39, 0.29) is 18.7 Å². The van der Waals surface area contributed by atoms with E-state index >= 15 is 0 Å². The van der Waals surface area contributed by atoms with Crippen molar-refractivity contribution in [3.05, 3.63) is 36.2 Å². The maximum Gasteiger partial charge on any atom is 0.252 e. The van der Waals surface area contributed by atoms with Crippen LogP contribution >= 0.6 is 11.8 Å². The van der Waals surface area contributed by atoms with Gasteiger partial charge in [-0.2, -0.15) is 16.9 Å². The van der Waals surface area contributed by atoms with Crippen LogP contribution in [0, 0.1) is 18.7 Å². The number of carbonyl (C=O) groups excluding carboxylic acids is 1. The van der Waals surface area contributed by atoms with Crippen LogP contribution < -0.4 is 4.90 Å². The standard InChI is InChI=1S/C17H19F3N4OS/c1-11-15(9-24(22-11)14-5-13(18)7-21-8-14)23(2)16(25)3-4-26-10-12-6-17(12,19)20/h5,7-9,12H,3-4,6,10H2,1-2H3. The van der Waals surface area contributed by atoms with Gasteiger partial charge in [0.05, 0.1) is 35.7 Å². The molecule has 0 saturated heterocycles. The SMILES string of the molecule is Cc1nn(-c2cncc(F)c2)cc1N(C)C(=O)CCSCC1CC1(F)F. The number of pyridine rings is 1. The van der Waals surface area contributed by atoms with E-state index in [2.05, 4.69) is 10.1 Å². The molecule has 0 aliphatic heterocycles. The number of halogens is 3. The van der Waals surface area contributed by atoms with Crippen LogP contribution in [-0.4, -0.2) is 45.1 Å². The fourth-order valence-corrected chi connectivity index (χ4v) is 3.71. The summed E-state index contributed by atoms with van der Waals surface area (Å²) in [5.41, 5.74) is 1.69. The van der Waals surface area contributed by atoms with Gasteiger partial charge in [0.15, 0.2) is 0 Å². The zero-order chi connectivity index (χ0) is 18.9. The summed E-state index contributed by atoms with van der Waals surface area (Å²) < 4.78 is 40.4. The van der Waals surface area contributed by atoms with Crippen molar-refractivity contribution in [2.24, 2.45) is 5.92 Å². The molecule has 0 N–H and O–H groups in total. The molecule has 1 unspecified atom stereocenters. The lowest BCUT2D eigenvalue weighted by atomic mass is 10.3. The van der Waals surface area contributed by atoms with Gasteiger partial charge in [-0.25, -0.2) is 17.9 Å². The lowest BCUT2D eigenvalue weighted by molar-refractivity contribution is -0.117. The minimum Gasteiger partial charge on any atom is -0.312 e. The Labute approximate surface area is 153 Å². The number of hydrogen-bond acceptors (Lipinski definition) is 4. The molecule has 0 aromatic carbocycles. The highest BCUT2D eigenvalue weighted by Gasteiger charge is 2.56. The van der Waals surface area contributed by atoms with E-state index < -0.39 is 17.7 Å². The highest BCUT2D eigenvalue weighted by Crippen LogP contribution is 2.50. The number of hydrogen-bond donors (Lipinski definition) is 0. The maximum absolute atomic E-state index is 13.3. The van der Waals surface area contributed by atoms with Crippen molar-refractivity contribution in [1.82, 2.24) is 14.8 Å². The zero-order valence-electron chi connectivity index (χ0n) is 14.5. The Balaban J connectivity index is 1.57. The molecule has 26 heavy (non-hydrogen) atoms. The minimum absolute atomic E-state index is 0.0405. The average molecular weight is 384 g/mol. The molecule has 2 aromatic rings. The number of amides is 1. The van der Waals surface area contributed by atoms with Gasteiger partial charge < -0.3 is 4.90 Å². The van der Waals surface area contributed by atoms with Crippen LogP contribution in [0.4, 0.5) is 18.9 Å². The quantitative estimate of drug-likeness (QED) is 0.686. The number of nitrogens with zero attached hydrogens (tertiary/aromatic N) is 4. The molecule has 1 aliphatic rings. The molecule has 1 fully saturated rings. The Morgan fingerprint density at radius 1 is 1.46 bits per heavy atom. The van der Waals surface area contributed by atoms with Crippen molar-refractivity contribution in [1.29, 1.82) is 0 Å². The fraction of sp³-hybridized carbons (Fsp3) is 0.471. The second-order valence-corrected chi connectivity index (χ2v) is 7.50. The smallest absolute Gasteiger partial charge is 0.252 e. The van der Waals surface area contributed by atoms with Gasteiger partial charge in [0.1, 0.15) is 5.82 Å². The second kappa shape index (κ2) is 7.30. The van der Waals surface area contributed by atoms with Crippen molar-refractivity contribution in [2.45, 2.75) is 25.7 Å². The monoisotopic (exact) mass is 384 g/mol. The molecule has 0 spiro atoms. The Morgan fingerprint density at radius 2 is 2.19 bits per heavy atom. The molecule has 2 aromatic heterocycles. The van der Waals surface area contributed by atoms with Crippen LogP contribution in [0.1, 0.15) is 18.5 Å². The molecule has 9 heteroatoms. The highest BCUT2D eigenvalue weighted by atomic mass is 32.2. The maximum atomic E-state index is 13.3. The summed E-state index contributed by atoms with van der Waals surface area (Å²) in [5.74, 6) is -2.77. The Bertz CT molecular complexity index is 811. The van der Waals surface area contributed by atoms with Crippen molar-refractivity contribution in [3.63, 3.8) is 0 Å². The number of aryl methyl sites for hydroxylation is 1. The normalized spacial score (nSPS) is 18.0. The van der Waals surface area contributed by atoms with E-state index in [1.807, 2.05) is 0 Å². The topological polar surface area (TPSA) is 51.0 Å². The van der Waals surface area contributed by atoms with E-state index in [0.29, 0.717) is 28.6 Å². The first kappa shape index (κ1) is 18.8. The number of rotatable bonds is 7. The largest absolute Gasteiger partial charge is 0.312 e. The molecule has 1 aliphatic carbocycles. The first-order valence-corrected chi connectivity index (χ1v) is 9.33.